The van der Waals surface area contributed by atoms with Crippen LogP contribution in [-0.4, -0.2) is 56.6 Å². The molecule has 0 radical (unpaired) electrons. The molecule has 0 saturated carbocycles. The maximum Gasteiger partial charge on any atom is 0.355 e. The van der Waals surface area contributed by atoms with Crippen molar-refractivity contribution in [2.24, 2.45) is 0 Å². The number of hydrogen-bond donors (Lipinski definition) is 1. The van der Waals surface area contributed by atoms with Crippen LogP contribution in [0.2, 0.25) is 0 Å². The number of nitrogens with zero attached hydrogens (tertiary/aromatic N) is 1. The van der Waals surface area contributed by atoms with Crippen LogP contribution in [0.15, 0.2) is 29.3 Å². The molecule has 1 aromatic heterocycles. The van der Waals surface area contributed by atoms with E-state index < -0.39 is 16.0 Å². The number of carbonyl (C=O) groups excluding carboxylic acids is 1. The van der Waals surface area contributed by atoms with Gasteiger partial charge in [-0.2, -0.15) is 4.31 Å². The number of carbonyl (C=O) groups is 1. The van der Waals surface area contributed by atoms with Gasteiger partial charge in [0.15, 0.2) is 0 Å². The maximum absolute atomic E-state index is 12.4. The van der Waals surface area contributed by atoms with Gasteiger partial charge in [0.25, 0.3) is 0 Å². The van der Waals surface area contributed by atoms with Crippen LogP contribution < -0.4 is 0 Å². The fourth-order valence-electron chi connectivity index (χ4n) is 2.01. The number of morpholine rings is 1. The molecule has 0 bridgehead atoms. The Morgan fingerprint density at radius 1 is 1.41 bits per heavy atom. The molecule has 0 amide bonds. The van der Waals surface area contributed by atoms with Gasteiger partial charge >= 0.3 is 5.97 Å². The lowest BCUT2D eigenvalue weighted by atomic mass is 10.4. The number of aromatic nitrogens is 1. The summed E-state index contributed by atoms with van der Waals surface area (Å²) in [5.74, 6) is -0.579. The summed E-state index contributed by atoms with van der Waals surface area (Å²) in [4.78, 5) is 14.5. The van der Waals surface area contributed by atoms with Crippen molar-refractivity contribution in [3.63, 3.8) is 0 Å². The van der Waals surface area contributed by atoms with E-state index >= 15 is 0 Å². The molecule has 2 rings (SSSR count). The van der Waals surface area contributed by atoms with Crippen LogP contribution in [0.5, 0.6) is 0 Å². The monoisotopic (exact) mass is 328 g/mol. The fourth-order valence-corrected chi connectivity index (χ4v) is 3.42. The van der Waals surface area contributed by atoms with Crippen LogP contribution in [-0.2, 0) is 19.5 Å². The summed E-state index contributed by atoms with van der Waals surface area (Å²) in [6.45, 7) is 3.53. The lowest BCUT2D eigenvalue weighted by Crippen LogP contribution is -2.40. The Kier molecular flexibility index (Phi) is 5.76. The van der Waals surface area contributed by atoms with E-state index in [0.29, 0.717) is 26.3 Å². The number of ether oxygens (including phenoxy) is 2. The van der Waals surface area contributed by atoms with Gasteiger partial charge in [0.05, 0.1) is 13.2 Å². The van der Waals surface area contributed by atoms with E-state index in [2.05, 4.69) is 4.98 Å². The van der Waals surface area contributed by atoms with Gasteiger partial charge < -0.3 is 14.5 Å². The van der Waals surface area contributed by atoms with Crippen LogP contribution in [0.1, 0.15) is 23.8 Å². The molecule has 22 heavy (non-hydrogen) atoms. The van der Waals surface area contributed by atoms with Crippen molar-refractivity contribution >= 4 is 16.0 Å². The maximum atomic E-state index is 12.4. The normalized spacial score (nSPS) is 17.0. The molecule has 0 atom stereocenters. The predicted octanol–water partition coefficient (Wildman–Crippen LogP) is 1.16. The van der Waals surface area contributed by atoms with E-state index in [1.807, 2.05) is 13.0 Å². The topological polar surface area (TPSA) is 88.7 Å². The number of esters is 1. The van der Waals surface area contributed by atoms with E-state index in [1.54, 1.807) is 6.08 Å². The molecule has 1 aliphatic rings. The van der Waals surface area contributed by atoms with E-state index in [-0.39, 0.29) is 17.2 Å². The number of rotatable bonds is 6. The average molecular weight is 328 g/mol. The Balaban J connectivity index is 2.03. The fraction of sp³-hybridized carbons (Fsp3) is 0.500. The first-order valence-electron chi connectivity index (χ1n) is 7.14. The molecule has 0 spiro atoms. The number of sulfonamides is 1. The van der Waals surface area contributed by atoms with Crippen molar-refractivity contribution < 1.29 is 22.7 Å². The second kappa shape index (κ2) is 7.57. The van der Waals surface area contributed by atoms with Gasteiger partial charge in [-0.05, 0) is 12.5 Å². The zero-order valence-corrected chi connectivity index (χ0v) is 13.3. The Hall–Kier alpha value is -1.64. The quantitative estimate of drug-likeness (QED) is 0.625. The van der Waals surface area contributed by atoms with Gasteiger partial charge in [0, 0.05) is 19.3 Å². The van der Waals surface area contributed by atoms with Crippen LogP contribution in [0.4, 0.5) is 0 Å². The Labute approximate surface area is 130 Å². The number of nitrogens with one attached hydrogen (secondary N) is 1. The molecule has 0 aromatic carbocycles. The van der Waals surface area contributed by atoms with Gasteiger partial charge in [0.2, 0.25) is 10.0 Å². The van der Waals surface area contributed by atoms with Gasteiger partial charge in [-0.1, -0.05) is 19.1 Å². The summed E-state index contributed by atoms with van der Waals surface area (Å²) >= 11 is 0. The number of H-pyrrole nitrogens is 1. The summed E-state index contributed by atoms with van der Waals surface area (Å²) < 4.78 is 36.3. The lowest BCUT2D eigenvalue weighted by Gasteiger charge is -2.25. The smallest absolute Gasteiger partial charge is 0.355 e. The Bertz CT molecular complexity index is 629. The largest absolute Gasteiger partial charge is 0.457 e. The first kappa shape index (κ1) is 16.7. The van der Waals surface area contributed by atoms with Crippen LogP contribution in [0, 0.1) is 0 Å². The second-order valence-electron chi connectivity index (χ2n) is 4.74. The van der Waals surface area contributed by atoms with E-state index in [0.717, 1.165) is 6.42 Å². The molecular weight excluding hydrogens is 308 g/mol. The molecular formula is C14H20N2O5S. The summed E-state index contributed by atoms with van der Waals surface area (Å²) in [5, 5.41) is 0. The third-order valence-corrected chi connectivity index (χ3v) is 5.07. The zero-order chi connectivity index (χ0) is 16.0. The molecule has 2 heterocycles. The molecule has 1 aliphatic heterocycles. The van der Waals surface area contributed by atoms with Crippen molar-refractivity contribution in [1.29, 1.82) is 0 Å². The summed E-state index contributed by atoms with van der Waals surface area (Å²) in [5.41, 5.74) is 0.122. The first-order valence-corrected chi connectivity index (χ1v) is 8.58. The van der Waals surface area contributed by atoms with E-state index in [9.17, 15) is 13.2 Å². The molecule has 1 aromatic rings. The first-order chi connectivity index (χ1) is 10.6. The molecule has 122 valence electrons. The molecule has 8 heteroatoms. The molecule has 0 aliphatic carbocycles. The predicted molar refractivity (Wildman–Crippen MR) is 80.1 cm³/mol. The van der Waals surface area contributed by atoms with Gasteiger partial charge in [0.1, 0.15) is 17.2 Å². The van der Waals surface area contributed by atoms with E-state index in [4.69, 9.17) is 9.47 Å². The SMILES string of the molecule is CC/C=C/COC(=O)c1cc(S(=O)(=O)N2CCOCC2)c[nH]1. The summed E-state index contributed by atoms with van der Waals surface area (Å²) in [6.07, 6.45) is 5.80. The third-order valence-electron chi connectivity index (χ3n) is 3.20. The van der Waals surface area contributed by atoms with Crippen molar-refractivity contribution in [1.82, 2.24) is 9.29 Å². The number of allylic oxidation sites excluding steroid dienone is 1. The van der Waals surface area contributed by atoms with Crippen LogP contribution in [0.25, 0.3) is 0 Å². The molecule has 0 unspecified atom stereocenters. The van der Waals surface area contributed by atoms with Gasteiger partial charge in [-0.3, -0.25) is 0 Å². The highest BCUT2D eigenvalue weighted by molar-refractivity contribution is 7.89. The van der Waals surface area contributed by atoms with Crippen molar-refractivity contribution in [3.8, 4) is 0 Å². The standard InChI is InChI=1S/C14H20N2O5S/c1-2-3-4-7-21-14(17)13-10-12(11-15-13)22(18,19)16-5-8-20-9-6-16/h3-4,10-11,15H,2,5-9H2,1H3/b4-3+. The lowest BCUT2D eigenvalue weighted by molar-refractivity contribution is 0.0543. The van der Waals surface area contributed by atoms with Crippen molar-refractivity contribution in [3.05, 3.63) is 30.1 Å². The molecule has 7 nitrogen and oxygen atoms in total. The minimum atomic E-state index is -3.60. The van der Waals surface area contributed by atoms with E-state index in [1.165, 1.54) is 16.6 Å². The Morgan fingerprint density at radius 3 is 2.82 bits per heavy atom. The zero-order valence-electron chi connectivity index (χ0n) is 12.4. The highest BCUT2D eigenvalue weighted by Crippen LogP contribution is 2.18. The van der Waals surface area contributed by atoms with Crippen LogP contribution >= 0.6 is 0 Å². The van der Waals surface area contributed by atoms with Crippen LogP contribution in [0.3, 0.4) is 0 Å². The summed E-state index contributed by atoms with van der Waals surface area (Å²) in [6, 6.07) is 1.30. The summed E-state index contributed by atoms with van der Waals surface area (Å²) in [7, 11) is -3.60. The molecule has 1 fully saturated rings. The minimum absolute atomic E-state index is 0.0606. The average Bonchev–Trinajstić information content (AvgIpc) is 3.03. The minimum Gasteiger partial charge on any atom is -0.457 e. The number of aromatic amines is 1. The van der Waals surface area contributed by atoms with Crippen molar-refractivity contribution in [2.75, 3.05) is 32.9 Å². The highest BCUT2D eigenvalue weighted by atomic mass is 32.2. The number of hydrogen-bond acceptors (Lipinski definition) is 5. The molecule has 1 N–H and O–H groups in total. The third kappa shape index (κ3) is 3.96. The second-order valence-corrected chi connectivity index (χ2v) is 6.68. The Morgan fingerprint density at radius 2 is 2.14 bits per heavy atom. The van der Waals surface area contributed by atoms with Crippen molar-refractivity contribution in [2.45, 2.75) is 18.2 Å². The van der Waals surface area contributed by atoms with Gasteiger partial charge in [-0.25, -0.2) is 13.2 Å². The van der Waals surface area contributed by atoms with Gasteiger partial charge in [-0.15, -0.1) is 0 Å². The highest BCUT2D eigenvalue weighted by Gasteiger charge is 2.28. The molecule has 1 saturated heterocycles.